The zero-order valence-electron chi connectivity index (χ0n) is 16.9. The Morgan fingerprint density at radius 2 is 2.04 bits per heavy atom. The number of imidazole rings is 1. The van der Waals surface area contributed by atoms with Crippen LogP contribution in [0.5, 0.6) is 0 Å². The molecule has 1 aliphatic rings. The maximum atomic E-state index is 6.04. The molecule has 0 unspecified atom stereocenters. The molecule has 150 valence electrons. The van der Waals surface area contributed by atoms with E-state index in [9.17, 15) is 0 Å². The van der Waals surface area contributed by atoms with Gasteiger partial charge in [-0.2, -0.15) is 9.97 Å². The minimum atomic E-state index is 0.278. The number of anilines is 2. The first-order chi connectivity index (χ1) is 13.5. The monoisotopic (exact) mass is 382 g/mol. The fraction of sp³-hybridized carbons (Fsp3) is 0.550. The fourth-order valence-electron chi connectivity index (χ4n) is 3.78. The second kappa shape index (κ2) is 7.79. The summed E-state index contributed by atoms with van der Waals surface area (Å²) in [4.78, 5) is 17.4. The van der Waals surface area contributed by atoms with E-state index in [2.05, 4.69) is 52.0 Å². The van der Waals surface area contributed by atoms with Crippen molar-refractivity contribution in [2.24, 2.45) is 5.73 Å². The number of fused-ring (bicyclic) bond motifs is 1. The number of hydrogen-bond donors (Lipinski definition) is 4. The minimum absolute atomic E-state index is 0.278. The average molecular weight is 383 g/mol. The standard InChI is InChI=1S/C20H30N8/c1-12(2)28-11-24-17-18(23-10-14-8-9-22-13(14)3)26-20(27-19(17)28)25-16-6-4-15(21)5-7-16/h8-9,11-12,15-16,22H,4-7,10,21H2,1-3H3,(H2,23,25,26,27). The lowest BCUT2D eigenvalue weighted by atomic mass is 9.92. The van der Waals surface area contributed by atoms with E-state index in [1.54, 1.807) is 0 Å². The molecular weight excluding hydrogens is 352 g/mol. The van der Waals surface area contributed by atoms with E-state index >= 15 is 0 Å². The largest absolute Gasteiger partial charge is 0.365 e. The summed E-state index contributed by atoms with van der Waals surface area (Å²) in [6, 6.07) is 3.05. The Morgan fingerprint density at radius 3 is 2.71 bits per heavy atom. The average Bonchev–Trinajstić information content (AvgIpc) is 3.28. The Bertz CT molecular complexity index is 933. The van der Waals surface area contributed by atoms with E-state index in [0.717, 1.165) is 48.4 Å². The number of nitrogens with two attached hydrogens (primary N) is 1. The summed E-state index contributed by atoms with van der Waals surface area (Å²) in [5.41, 5.74) is 10.1. The Hall–Kier alpha value is -2.61. The Morgan fingerprint density at radius 1 is 1.25 bits per heavy atom. The number of aryl methyl sites for hydroxylation is 1. The molecule has 1 fully saturated rings. The van der Waals surface area contributed by atoms with Crippen LogP contribution in [0.15, 0.2) is 18.6 Å². The molecule has 0 spiro atoms. The SMILES string of the molecule is Cc1[nH]ccc1CNc1nc(NC2CCC(N)CC2)nc2c1ncn2C(C)C. The Balaban J connectivity index is 1.63. The van der Waals surface area contributed by atoms with Gasteiger partial charge in [-0.3, -0.25) is 0 Å². The molecule has 0 atom stereocenters. The van der Waals surface area contributed by atoms with Crippen molar-refractivity contribution in [3.8, 4) is 0 Å². The van der Waals surface area contributed by atoms with Crippen molar-refractivity contribution >= 4 is 22.9 Å². The lowest BCUT2D eigenvalue weighted by molar-refractivity contribution is 0.410. The van der Waals surface area contributed by atoms with E-state index in [0.29, 0.717) is 24.6 Å². The van der Waals surface area contributed by atoms with Crippen molar-refractivity contribution in [2.45, 2.75) is 71.1 Å². The van der Waals surface area contributed by atoms with Crippen LogP contribution in [0.1, 0.15) is 56.8 Å². The molecule has 0 aromatic carbocycles. The van der Waals surface area contributed by atoms with Gasteiger partial charge in [-0.15, -0.1) is 0 Å². The van der Waals surface area contributed by atoms with E-state index < -0.39 is 0 Å². The first kappa shape index (κ1) is 18.7. The number of rotatable bonds is 6. The number of aromatic amines is 1. The highest BCUT2D eigenvalue weighted by molar-refractivity contribution is 5.84. The van der Waals surface area contributed by atoms with Crippen LogP contribution in [-0.2, 0) is 6.54 Å². The molecule has 5 N–H and O–H groups in total. The number of H-pyrrole nitrogens is 1. The molecule has 0 saturated heterocycles. The van der Waals surface area contributed by atoms with Gasteiger partial charge in [0, 0.05) is 36.6 Å². The topological polar surface area (TPSA) is 109 Å². The van der Waals surface area contributed by atoms with Crippen molar-refractivity contribution in [1.82, 2.24) is 24.5 Å². The molecule has 8 nitrogen and oxygen atoms in total. The van der Waals surface area contributed by atoms with Gasteiger partial charge >= 0.3 is 0 Å². The van der Waals surface area contributed by atoms with Crippen LogP contribution in [0.4, 0.5) is 11.8 Å². The molecule has 0 radical (unpaired) electrons. The van der Waals surface area contributed by atoms with Crippen LogP contribution in [0.25, 0.3) is 11.2 Å². The number of hydrogen-bond acceptors (Lipinski definition) is 6. The van der Waals surface area contributed by atoms with Gasteiger partial charge in [-0.05, 0) is 58.1 Å². The van der Waals surface area contributed by atoms with Gasteiger partial charge in [0.05, 0.1) is 6.33 Å². The fourth-order valence-corrected chi connectivity index (χ4v) is 3.78. The number of aromatic nitrogens is 5. The summed E-state index contributed by atoms with van der Waals surface area (Å²) in [7, 11) is 0. The van der Waals surface area contributed by atoms with Crippen LogP contribution >= 0.6 is 0 Å². The first-order valence-electron chi connectivity index (χ1n) is 10.1. The molecule has 0 aliphatic heterocycles. The van der Waals surface area contributed by atoms with E-state index in [4.69, 9.17) is 15.7 Å². The van der Waals surface area contributed by atoms with Crippen molar-refractivity contribution in [3.63, 3.8) is 0 Å². The normalized spacial score (nSPS) is 20.0. The second-order valence-electron chi connectivity index (χ2n) is 8.05. The van der Waals surface area contributed by atoms with Crippen molar-refractivity contribution in [2.75, 3.05) is 10.6 Å². The van der Waals surface area contributed by atoms with Crippen LogP contribution in [0.3, 0.4) is 0 Å². The quantitative estimate of drug-likeness (QED) is 0.520. The first-order valence-corrected chi connectivity index (χ1v) is 10.1. The van der Waals surface area contributed by atoms with Crippen LogP contribution in [0.2, 0.25) is 0 Å². The summed E-state index contributed by atoms with van der Waals surface area (Å²) >= 11 is 0. The van der Waals surface area contributed by atoms with Crippen LogP contribution in [0, 0.1) is 6.92 Å². The molecule has 3 heterocycles. The third-order valence-electron chi connectivity index (χ3n) is 5.60. The predicted molar refractivity (Wildman–Crippen MR) is 112 cm³/mol. The minimum Gasteiger partial charge on any atom is -0.365 e. The smallest absolute Gasteiger partial charge is 0.227 e. The maximum Gasteiger partial charge on any atom is 0.227 e. The molecular formula is C20H30N8. The molecule has 3 aromatic heterocycles. The van der Waals surface area contributed by atoms with Crippen LogP contribution in [-0.4, -0.2) is 36.6 Å². The summed E-state index contributed by atoms with van der Waals surface area (Å²) in [5, 5.41) is 6.99. The van der Waals surface area contributed by atoms with Gasteiger partial charge in [0.2, 0.25) is 5.95 Å². The van der Waals surface area contributed by atoms with Crippen molar-refractivity contribution < 1.29 is 0 Å². The molecule has 3 aromatic rings. The highest BCUT2D eigenvalue weighted by Gasteiger charge is 2.21. The van der Waals surface area contributed by atoms with E-state index in [1.807, 2.05) is 12.5 Å². The lowest BCUT2D eigenvalue weighted by Crippen LogP contribution is -2.33. The molecule has 1 aliphatic carbocycles. The van der Waals surface area contributed by atoms with E-state index in [-0.39, 0.29) is 6.04 Å². The van der Waals surface area contributed by atoms with Gasteiger partial charge in [-0.25, -0.2) is 4.98 Å². The zero-order valence-corrected chi connectivity index (χ0v) is 16.9. The lowest BCUT2D eigenvalue weighted by Gasteiger charge is -2.27. The molecule has 28 heavy (non-hydrogen) atoms. The number of nitrogens with zero attached hydrogens (tertiary/aromatic N) is 4. The van der Waals surface area contributed by atoms with E-state index in [1.165, 1.54) is 5.56 Å². The Labute approximate surface area is 165 Å². The van der Waals surface area contributed by atoms with Crippen molar-refractivity contribution in [1.29, 1.82) is 0 Å². The summed E-state index contributed by atoms with van der Waals surface area (Å²) in [6.07, 6.45) is 7.99. The van der Waals surface area contributed by atoms with Gasteiger partial charge < -0.3 is 25.9 Å². The second-order valence-corrected chi connectivity index (χ2v) is 8.05. The summed E-state index contributed by atoms with van der Waals surface area (Å²) < 4.78 is 2.09. The van der Waals surface area contributed by atoms with Gasteiger partial charge in [0.1, 0.15) is 0 Å². The summed E-state index contributed by atoms with van der Waals surface area (Å²) in [6.45, 7) is 7.03. The highest BCUT2D eigenvalue weighted by Crippen LogP contribution is 2.26. The van der Waals surface area contributed by atoms with Gasteiger partial charge in [0.15, 0.2) is 17.0 Å². The summed E-state index contributed by atoms with van der Waals surface area (Å²) in [5.74, 6) is 1.42. The highest BCUT2D eigenvalue weighted by atomic mass is 15.2. The molecule has 1 saturated carbocycles. The number of nitrogens with one attached hydrogen (secondary N) is 3. The Kier molecular flexibility index (Phi) is 5.21. The van der Waals surface area contributed by atoms with Gasteiger partial charge in [0.25, 0.3) is 0 Å². The predicted octanol–water partition coefficient (Wildman–Crippen LogP) is 3.34. The molecule has 4 rings (SSSR count). The third kappa shape index (κ3) is 3.82. The zero-order chi connectivity index (χ0) is 19.7. The molecule has 0 amide bonds. The maximum absolute atomic E-state index is 6.04. The molecule has 0 bridgehead atoms. The van der Waals surface area contributed by atoms with Gasteiger partial charge in [-0.1, -0.05) is 0 Å². The third-order valence-corrected chi connectivity index (χ3v) is 5.60. The molecule has 8 heteroatoms. The van der Waals surface area contributed by atoms with Crippen molar-refractivity contribution in [3.05, 3.63) is 29.8 Å². The van der Waals surface area contributed by atoms with Crippen LogP contribution < -0.4 is 16.4 Å².